The summed E-state index contributed by atoms with van der Waals surface area (Å²) < 4.78 is 7.30. The van der Waals surface area contributed by atoms with E-state index in [1.54, 1.807) is 35.9 Å². The summed E-state index contributed by atoms with van der Waals surface area (Å²) in [5, 5.41) is 10.1. The molecule has 0 saturated carbocycles. The number of aromatic carboxylic acids is 1. The lowest BCUT2D eigenvalue weighted by Gasteiger charge is -2.40. The summed E-state index contributed by atoms with van der Waals surface area (Å²) in [5.41, 5.74) is 5.16. The predicted molar refractivity (Wildman–Crippen MR) is 138 cm³/mol. The highest BCUT2D eigenvalue weighted by Gasteiger charge is 2.33. The summed E-state index contributed by atoms with van der Waals surface area (Å²) in [6.45, 7) is 8.05. The Kier molecular flexibility index (Phi) is 6.88. The van der Waals surface area contributed by atoms with Crippen LogP contribution in [0.15, 0.2) is 48.7 Å². The molecule has 188 valence electrons. The molecule has 1 fully saturated rings. The summed E-state index contributed by atoms with van der Waals surface area (Å²) in [6, 6.07) is 13.5. The molecule has 7 nitrogen and oxygen atoms in total. The third kappa shape index (κ3) is 4.66. The lowest BCUT2D eigenvalue weighted by Crippen LogP contribution is -2.52. The van der Waals surface area contributed by atoms with Gasteiger partial charge in [-0.2, -0.15) is 0 Å². The van der Waals surface area contributed by atoms with Crippen molar-refractivity contribution in [3.05, 3.63) is 87.2 Å². The molecule has 2 aliphatic rings. The average Bonchev–Trinajstić information content (AvgIpc) is 3.18. The molecule has 0 bridgehead atoms. The second-order valence-electron chi connectivity index (χ2n) is 9.56. The molecular formula is C28H30ClN3O4. The van der Waals surface area contributed by atoms with Gasteiger partial charge in [0.2, 0.25) is 0 Å². The summed E-state index contributed by atoms with van der Waals surface area (Å²) in [7, 11) is 0. The Morgan fingerprint density at radius 3 is 2.47 bits per heavy atom. The highest BCUT2D eigenvalue weighted by atomic mass is 35.5. The Morgan fingerprint density at radius 1 is 1.06 bits per heavy atom. The van der Waals surface area contributed by atoms with Gasteiger partial charge in [0.25, 0.3) is 5.91 Å². The van der Waals surface area contributed by atoms with Crippen LogP contribution in [0.25, 0.3) is 5.69 Å². The van der Waals surface area contributed by atoms with Gasteiger partial charge in [0.15, 0.2) is 0 Å². The minimum Gasteiger partial charge on any atom is -0.478 e. The van der Waals surface area contributed by atoms with Crippen molar-refractivity contribution in [3.8, 4) is 5.69 Å². The zero-order valence-electron chi connectivity index (χ0n) is 20.5. The quantitative estimate of drug-likeness (QED) is 0.556. The van der Waals surface area contributed by atoms with E-state index in [1.807, 2.05) is 17.9 Å². The van der Waals surface area contributed by atoms with Crippen molar-refractivity contribution >= 4 is 23.5 Å². The number of carboxylic acid groups (broad SMARTS) is 1. The minimum atomic E-state index is -0.998. The Labute approximate surface area is 215 Å². The van der Waals surface area contributed by atoms with Gasteiger partial charge in [-0.15, -0.1) is 0 Å². The number of benzene rings is 2. The van der Waals surface area contributed by atoms with Crippen molar-refractivity contribution in [1.29, 1.82) is 0 Å². The van der Waals surface area contributed by atoms with Crippen LogP contribution >= 0.6 is 11.6 Å². The van der Waals surface area contributed by atoms with Crippen LogP contribution in [-0.2, 0) is 17.7 Å². The van der Waals surface area contributed by atoms with Crippen molar-refractivity contribution in [1.82, 2.24) is 14.4 Å². The molecule has 36 heavy (non-hydrogen) atoms. The van der Waals surface area contributed by atoms with Crippen LogP contribution in [0, 0.1) is 13.8 Å². The number of halogens is 1. The van der Waals surface area contributed by atoms with E-state index in [0.717, 1.165) is 37.3 Å². The van der Waals surface area contributed by atoms with Crippen molar-refractivity contribution in [2.75, 3.05) is 32.8 Å². The molecule has 0 spiro atoms. The summed E-state index contributed by atoms with van der Waals surface area (Å²) in [6.07, 6.45) is 2.36. The average molecular weight is 508 g/mol. The number of hydrogen-bond acceptors (Lipinski definition) is 4. The van der Waals surface area contributed by atoms with Crippen LogP contribution in [0.3, 0.4) is 0 Å². The van der Waals surface area contributed by atoms with Crippen molar-refractivity contribution < 1.29 is 19.4 Å². The van der Waals surface area contributed by atoms with Crippen LogP contribution < -0.4 is 0 Å². The molecule has 0 radical (unpaired) electrons. The van der Waals surface area contributed by atoms with Gasteiger partial charge in [0.1, 0.15) is 0 Å². The van der Waals surface area contributed by atoms with Crippen LogP contribution in [0.4, 0.5) is 0 Å². The van der Waals surface area contributed by atoms with Crippen molar-refractivity contribution in [2.24, 2.45) is 0 Å². The van der Waals surface area contributed by atoms with E-state index in [4.69, 9.17) is 16.3 Å². The van der Waals surface area contributed by atoms with E-state index in [0.29, 0.717) is 41.6 Å². The third-order valence-electron chi connectivity index (χ3n) is 7.44. The number of carbonyl (C=O) groups excluding carboxylic acids is 1. The molecule has 1 atom stereocenters. The zero-order valence-corrected chi connectivity index (χ0v) is 21.3. The maximum absolute atomic E-state index is 14.2. The number of amides is 1. The first-order valence-electron chi connectivity index (χ1n) is 12.2. The Bertz CT molecular complexity index is 1310. The zero-order chi connectivity index (χ0) is 25.4. The van der Waals surface area contributed by atoms with Gasteiger partial charge in [-0.1, -0.05) is 35.9 Å². The number of nitrogens with zero attached hydrogens (tertiary/aromatic N) is 3. The first kappa shape index (κ1) is 24.6. The maximum atomic E-state index is 14.2. The van der Waals surface area contributed by atoms with E-state index < -0.39 is 5.97 Å². The van der Waals surface area contributed by atoms with Gasteiger partial charge >= 0.3 is 5.97 Å². The molecule has 1 saturated heterocycles. The fraction of sp³-hybridized carbons (Fsp3) is 0.357. The molecule has 3 heterocycles. The van der Waals surface area contributed by atoms with E-state index in [1.165, 1.54) is 5.56 Å². The van der Waals surface area contributed by atoms with E-state index in [-0.39, 0.29) is 17.5 Å². The molecule has 8 heteroatoms. The minimum absolute atomic E-state index is 0.0103. The number of carboxylic acids is 1. The van der Waals surface area contributed by atoms with Gasteiger partial charge in [-0.25, -0.2) is 4.79 Å². The fourth-order valence-electron chi connectivity index (χ4n) is 5.27. The monoisotopic (exact) mass is 507 g/mol. The SMILES string of the molecule is Cc1c(C(=O)O)cn(-c2cc(Cl)ccc2C(=O)N2Cc3ccccc3C[C@H]2CN2CCOCC2)c1C. The fourth-order valence-corrected chi connectivity index (χ4v) is 5.44. The standard InChI is InChI=1S/C28H30ClN3O4/c1-18-19(2)31(17-25(18)28(34)35)26-14-22(29)7-8-24(26)27(33)32-15-21-6-4-3-5-20(21)13-23(32)16-30-9-11-36-12-10-30/h3-8,14,17,23H,9-13,15-16H2,1-2H3,(H,34,35)/t23-/m0/s1. The second kappa shape index (κ2) is 10.1. The van der Waals surface area contributed by atoms with Crippen molar-refractivity contribution in [3.63, 3.8) is 0 Å². The number of morpholine rings is 1. The highest BCUT2D eigenvalue weighted by Crippen LogP contribution is 2.30. The van der Waals surface area contributed by atoms with Crippen LogP contribution in [0.1, 0.15) is 43.1 Å². The van der Waals surface area contributed by atoms with Gasteiger partial charge in [-0.05, 0) is 55.2 Å². The molecule has 3 aromatic rings. The molecular weight excluding hydrogens is 478 g/mol. The lowest BCUT2D eigenvalue weighted by molar-refractivity contribution is 0.0193. The Hall–Kier alpha value is -3.13. The second-order valence-corrected chi connectivity index (χ2v) is 10.00. The summed E-state index contributed by atoms with van der Waals surface area (Å²) in [5.74, 6) is -1.08. The molecule has 1 aromatic heterocycles. The topological polar surface area (TPSA) is 75.0 Å². The third-order valence-corrected chi connectivity index (χ3v) is 7.67. The van der Waals surface area contributed by atoms with Gasteiger partial charge in [-0.3, -0.25) is 9.69 Å². The number of hydrogen-bond donors (Lipinski definition) is 1. The molecule has 0 unspecified atom stereocenters. The normalized spacial score (nSPS) is 18.2. The van der Waals surface area contributed by atoms with E-state index in [9.17, 15) is 14.7 Å². The molecule has 2 aromatic carbocycles. The van der Waals surface area contributed by atoms with Gasteiger partial charge in [0, 0.05) is 49.1 Å². The lowest BCUT2D eigenvalue weighted by atomic mass is 9.92. The predicted octanol–water partition coefficient (Wildman–Crippen LogP) is 4.35. The Balaban J connectivity index is 1.55. The number of ether oxygens (including phenoxy) is 1. The van der Waals surface area contributed by atoms with Gasteiger partial charge < -0.3 is 19.3 Å². The number of rotatable bonds is 5. The Morgan fingerprint density at radius 2 is 1.78 bits per heavy atom. The smallest absolute Gasteiger partial charge is 0.337 e. The summed E-state index contributed by atoms with van der Waals surface area (Å²) >= 11 is 6.37. The molecule has 0 aliphatic carbocycles. The first-order valence-corrected chi connectivity index (χ1v) is 12.6. The number of aromatic nitrogens is 1. The molecule has 1 N–H and O–H groups in total. The van der Waals surface area contributed by atoms with Gasteiger partial charge in [0.05, 0.1) is 30.0 Å². The highest BCUT2D eigenvalue weighted by molar-refractivity contribution is 6.31. The first-order chi connectivity index (χ1) is 17.3. The molecule has 2 aliphatic heterocycles. The summed E-state index contributed by atoms with van der Waals surface area (Å²) in [4.78, 5) is 30.3. The molecule has 1 amide bonds. The number of fused-ring (bicyclic) bond motifs is 1. The number of carbonyl (C=O) groups is 2. The van der Waals surface area contributed by atoms with Crippen LogP contribution in [0.5, 0.6) is 0 Å². The molecule has 5 rings (SSSR count). The maximum Gasteiger partial charge on any atom is 0.337 e. The van der Waals surface area contributed by atoms with Crippen LogP contribution in [-0.4, -0.2) is 70.2 Å². The van der Waals surface area contributed by atoms with E-state index >= 15 is 0 Å². The van der Waals surface area contributed by atoms with Crippen molar-refractivity contribution in [2.45, 2.75) is 32.9 Å². The van der Waals surface area contributed by atoms with E-state index in [2.05, 4.69) is 23.1 Å². The largest absolute Gasteiger partial charge is 0.478 e. The van der Waals surface area contributed by atoms with Crippen LogP contribution in [0.2, 0.25) is 5.02 Å².